The molecule has 0 saturated heterocycles. The van der Waals surface area contributed by atoms with Crippen LogP contribution in [0.1, 0.15) is 31.9 Å². The third-order valence-electron chi connectivity index (χ3n) is 2.71. The van der Waals surface area contributed by atoms with Gasteiger partial charge in [-0.15, -0.1) is 0 Å². The van der Waals surface area contributed by atoms with Gasteiger partial charge >= 0.3 is 0 Å². The first-order valence-electron chi connectivity index (χ1n) is 6.00. The van der Waals surface area contributed by atoms with Gasteiger partial charge in [0.05, 0.1) is 0 Å². The van der Waals surface area contributed by atoms with Crippen molar-refractivity contribution in [2.24, 2.45) is 5.41 Å². The number of hydrogen-bond donors (Lipinski definition) is 1. The lowest BCUT2D eigenvalue weighted by atomic mass is 9.87. The minimum Gasteiger partial charge on any atom is -0.492 e. The normalized spacial score (nSPS) is 16.2. The van der Waals surface area contributed by atoms with Gasteiger partial charge in [-0.05, 0) is 23.5 Å². The van der Waals surface area contributed by atoms with E-state index in [0.717, 1.165) is 31.9 Å². The summed E-state index contributed by atoms with van der Waals surface area (Å²) in [5.41, 5.74) is 3.03. The van der Waals surface area contributed by atoms with Crippen LogP contribution in [0.15, 0.2) is 18.2 Å². The number of fused-ring (bicyclic) bond motifs is 1. The van der Waals surface area contributed by atoms with Crippen LogP contribution >= 0.6 is 0 Å². The molecule has 0 atom stereocenters. The lowest BCUT2D eigenvalue weighted by molar-refractivity contribution is 0.325. The molecular weight excluding hydrogens is 198 g/mol. The maximum Gasteiger partial charge on any atom is 0.123 e. The van der Waals surface area contributed by atoms with Crippen molar-refractivity contribution in [1.29, 1.82) is 0 Å². The van der Waals surface area contributed by atoms with Crippen LogP contribution in [-0.4, -0.2) is 13.2 Å². The molecule has 0 saturated carbocycles. The zero-order chi connectivity index (χ0) is 11.6. The molecule has 16 heavy (non-hydrogen) atoms. The van der Waals surface area contributed by atoms with E-state index in [4.69, 9.17) is 4.74 Å². The van der Waals surface area contributed by atoms with E-state index in [9.17, 15) is 0 Å². The van der Waals surface area contributed by atoms with Crippen molar-refractivity contribution < 1.29 is 4.74 Å². The molecule has 0 aromatic heterocycles. The van der Waals surface area contributed by atoms with Crippen molar-refractivity contribution >= 4 is 0 Å². The summed E-state index contributed by atoms with van der Waals surface area (Å²) in [7, 11) is 0. The van der Waals surface area contributed by atoms with Gasteiger partial charge in [-0.1, -0.05) is 32.9 Å². The molecule has 0 aliphatic carbocycles. The van der Waals surface area contributed by atoms with Gasteiger partial charge in [-0.3, -0.25) is 0 Å². The van der Waals surface area contributed by atoms with Crippen LogP contribution < -0.4 is 10.1 Å². The van der Waals surface area contributed by atoms with Gasteiger partial charge in [0, 0.05) is 18.7 Å². The van der Waals surface area contributed by atoms with Crippen molar-refractivity contribution in [2.75, 3.05) is 13.2 Å². The third kappa shape index (κ3) is 2.99. The SMILES string of the molecule is CC(C)(C)Cc1ccc2c(c1)CNCCO2. The molecule has 1 aliphatic heterocycles. The molecule has 1 heterocycles. The van der Waals surface area contributed by atoms with Crippen LogP contribution in [0.3, 0.4) is 0 Å². The average molecular weight is 219 g/mol. The summed E-state index contributed by atoms with van der Waals surface area (Å²) in [5.74, 6) is 1.04. The quantitative estimate of drug-likeness (QED) is 0.784. The highest BCUT2D eigenvalue weighted by atomic mass is 16.5. The molecule has 0 amide bonds. The summed E-state index contributed by atoms with van der Waals surface area (Å²) in [5, 5.41) is 3.37. The van der Waals surface area contributed by atoms with Crippen LogP contribution in [0.25, 0.3) is 0 Å². The summed E-state index contributed by atoms with van der Waals surface area (Å²) in [4.78, 5) is 0. The van der Waals surface area contributed by atoms with Gasteiger partial charge in [0.2, 0.25) is 0 Å². The Labute approximate surface area is 98.0 Å². The maximum atomic E-state index is 5.67. The van der Waals surface area contributed by atoms with Gasteiger partial charge in [0.15, 0.2) is 0 Å². The van der Waals surface area contributed by atoms with E-state index >= 15 is 0 Å². The van der Waals surface area contributed by atoms with E-state index in [2.05, 4.69) is 44.3 Å². The van der Waals surface area contributed by atoms with Crippen molar-refractivity contribution in [1.82, 2.24) is 5.32 Å². The molecular formula is C14H21NO. The largest absolute Gasteiger partial charge is 0.492 e. The predicted octanol–water partition coefficient (Wildman–Crippen LogP) is 2.76. The second kappa shape index (κ2) is 4.46. The number of nitrogens with one attached hydrogen (secondary N) is 1. The fourth-order valence-corrected chi connectivity index (χ4v) is 2.09. The predicted molar refractivity (Wildman–Crippen MR) is 66.8 cm³/mol. The van der Waals surface area contributed by atoms with E-state index in [0.29, 0.717) is 5.41 Å². The second-order valence-electron chi connectivity index (χ2n) is 5.70. The Morgan fingerprint density at radius 2 is 2.12 bits per heavy atom. The van der Waals surface area contributed by atoms with Crippen molar-refractivity contribution in [2.45, 2.75) is 33.7 Å². The summed E-state index contributed by atoms with van der Waals surface area (Å²) in [6, 6.07) is 6.58. The Balaban J connectivity index is 2.21. The Kier molecular flexibility index (Phi) is 3.20. The fourth-order valence-electron chi connectivity index (χ4n) is 2.09. The first-order chi connectivity index (χ1) is 7.54. The molecule has 0 spiro atoms. The van der Waals surface area contributed by atoms with Crippen molar-refractivity contribution in [3.8, 4) is 5.75 Å². The molecule has 88 valence electrons. The molecule has 2 rings (SSSR count). The molecule has 0 unspecified atom stereocenters. The summed E-state index contributed by atoms with van der Waals surface area (Å²) < 4.78 is 5.67. The lowest BCUT2D eigenvalue weighted by Crippen LogP contribution is -2.16. The van der Waals surface area contributed by atoms with Crippen molar-refractivity contribution in [3.63, 3.8) is 0 Å². The molecule has 1 N–H and O–H groups in total. The highest BCUT2D eigenvalue weighted by Gasteiger charge is 2.14. The zero-order valence-electron chi connectivity index (χ0n) is 10.5. The molecule has 0 fully saturated rings. The number of ether oxygens (including phenoxy) is 1. The first kappa shape index (κ1) is 11.5. The molecule has 2 nitrogen and oxygen atoms in total. The smallest absolute Gasteiger partial charge is 0.123 e. The van der Waals surface area contributed by atoms with Gasteiger partial charge in [-0.25, -0.2) is 0 Å². The standard InChI is InChI=1S/C14H21NO/c1-14(2,3)9-11-4-5-13-12(8-11)10-15-6-7-16-13/h4-5,8,15H,6-7,9-10H2,1-3H3. The van der Waals surface area contributed by atoms with E-state index in [1.807, 2.05) is 0 Å². The van der Waals surface area contributed by atoms with Gasteiger partial charge in [-0.2, -0.15) is 0 Å². The average Bonchev–Trinajstić information content (AvgIpc) is 2.39. The molecule has 0 bridgehead atoms. The second-order valence-corrected chi connectivity index (χ2v) is 5.70. The van der Waals surface area contributed by atoms with Crippen LogP contribution in [0, 0.1) is 5.41 Å². The Hall–Kier alpha value is -1.02. The highest BCUT2D eigenvalue weighted by Crippen LogP contribution is 2.26. The molecule has 1 aromatic carbocycles. The lowest BCUT2D eigenvalue weighted by Gasteiger charge is -2.19. The molecule has 0 radical (unpaired) electrons. The van der Waals surface area contributed by atoms with Crippen molar-refractivity contribution in [3.05, 3.63) is 29.3 Å². The first-order valence-corrected chi connectivity index (χ1v) is 6.00. The van der Waals surface area contributed by atoms with Crippen LogP contribution in [0.4, 0.5) is 0 Å². The number of hydrogen-bond acceptors (Lipinski definition) is 2. The number of rotatable bonds is 1. The third-order valence-corrected chi connectivity index (χ3v) is 2.71. The molecule has 1 aliphatic rings. The van der Waals surface area contributed by atoms with Gasteiger partial charge in [0.1, 0.15) is 12.4 Å². The Morgan fingerprint density at radius 1 is 1.31 bits per heavy atom. The van der Waals surface area contributed by atoms with E-state index in [1.54, 1.807) is 0 Å². The monoisotopic (exact) mass is 219 g/mol. The van der Waals surface area contributed by atoms with Crippen LogP contribution in [-0.2, 0) is 13.0 Å². The van der Waals surface area contributed by atoms with Gasteiger partial charge in [0.25, 0.3) is 0 Å². The molecule has 2 heteroatoms. The number of benzene rings is 1. The van der Waals surface area contributed by atoms with Crippen LogP contribution in [0.2, 0.25) is 0 Å². The maximum absolute atomic E-state index is 5.67. The minimum absolute atomic E-state index is 0.341. The highest BCUT2D eigenvalue weighted by molar-refractivity contribution is 5.38. The van der Waals surface area contributed by atoms with E-state index in [1.165, 1.54) is 11.1 Å². The summed E-state index contributed by atoms with van der Waals surface area (Å²) in [6.45, 7) is 9.44. The fraction of sp³-hybridized carbons (Fsp3) is 0.571. The topological polar surface area (TPSA) is 21.3 Å². The minimum atomic E-state index is 0.341. The summed E-state index contributed by atoms with van der Waals surface area (Å²) in [6.07, 6.45) is 1.11. The Bertz CT molecular complexity index is 365. The van der Waals surface area contributed by atoms with Crippen LogP contribution in [0.5, 0.6) is 5.75 Å². The molecule has 1 aromatic rings. The summed E-state index contributed by atoms with van der Waals surface area (Å²) >= 11 is 0. The zero-order valence-corrected chi connectivity index (χ0v) is 10.5. The van der Waals surface area contributed by atoms with Gasteiger partial charge < -0.3 is 10.1 Å². The van der Waals surface area contributed by atoms with E-state index in [-0.39, 0.29) is 0 Å². The van der Waals surface area contributed by atoms with E-state index < -0.39 is 0 Å². The Morgan fingerprint density at radius 3 is 2.88 bits per heavy atom.